The second-order valence-electron chi connectivity index (χ2n) is 18.4. The number of hydrogen-bond donors (Lipinski definition) is 8. The summed E-state index contributed by atoms with van der Waals surface area (Å²) in [7, 11) is 0. The van der Waals surface area contributed by atoms with Crippen LogP contribution in [0.15, 0.2) is 17.1 Å². The number of aliphatic hydroxyl groups excluding tert-OH is 3. The van der Waals surface area contributed by atoms with E-state index in [1.807, 2.05) is 6.07 Å². The minimum atomic E-state index is -1.31. The van der Waals surface area contributed by atoms with E-state index >= 15 is 0 Å². The molecule has 1 aromatic rings. The molecule has 2 unspecified atom stereocenters. The Morgan fingerprint density at radius 2 is 1.95 bits per heavy atom. The van der Waals surface area contributed by atoms with Gasteiger partial charge in [0.1, 0.15) is 12.2 Å². The number of nitrogens with two attached hydrogens (primary N) is 1. The van der Waals surface area contributed by atoms with Crippen molar-refractivity contribution in [1.82, 2.24) is 20.4 Å². The summed E-state index contributed by atoms with van der Waals surface area (Å²) >= 11 is 0. The molecule has 14 heteroatoms. The molecule has 4 fully saturated rings. The van der Waals surface area contributed by atoms with Crippen LogP contribution < -0.4 is 21.1 Å². The van der Waals surface area contributed by atoms with Crippen molar-refractivity contribution in [3.8, 4) is 23.3 Å². The number of aliphatic hydroxyl groups is 4. The zero-order valence-corrected chi connectivity index (χ0v) is 33.5. The van der Waals surface area contributed by atoms with Gasteiger partial charge in [-0.15, -0.1) is 0 Å². The van der Waals surface area contributed by atoms with E-state index < -0.39 is 35.1 Å². The summed E-state index contributed by atoms with van der Waals surface area (Å²) in [5.74, 6) is 7.58. The van der Waals surface area contributed by atoms with Crippen LogP contribution in [0.1, 0.15) is 88.7 Å². The fourth-order valence-electron chi connectivity index (χ4n) is 11.8. The Kier molecular flexibility index (Phi) is 12.0. The van der Waals surface area contributed by atoms with Crippen LogP contribution in [0.2, 0.25) is 0 Å². The second kappa shape index (κ2) is 16.8. The van der Waals surface area contributed by atoms with Crippen LogP contribution in [-0.4, -0.2) is 135 Å². The highest BCUT2D eigenvalue weighted by molar-refractivity contribution is 5.78. The molecule has 0 amide bonds. The molecule has 10 bridgehead atoms. The normalized spacial score (nSPS) is 42.0. The van der Waals surface area contributed by atoms with Crippen LogP contribution in [0.5, 0.6) is 11.5 Å². The van der Waals surface area contributed by atoms with Gasteiger partial charge < -0.3 is 51.4 Å². The predicted molar refractivity (Wildman–Crippen MR) is 213 cm³/mol. The molecule has 57 heavy (non-hydrogen) atoms. The molecule has 0 aromatic heterocycles. The first-order valence-corrected chi connectivity index (χ1v) is 21.5. The molecule has 0 saturated carbocycles. The van der Waals surface area contributed by atoms with Gasteiger partial charge in [0.25, 0.3) is 0 Å². The van der Waals surface area contributed by atoms with Crippen molar-refractivity contribution in [2.24, 2.45) is 39.8 Å². The number of esters is 1. The van der Waals surface area contributed by atoms with E-state index in [0.29, 0.717) is 62.5 Å². The largest absolute Gasteiger partial charge is 0.504 e. The van der Waals surface area contributed by atoms with E-state index in [1.165, 1.54) is 6.92 Å². The van der Waals surface area contributed by atoms with Gasteiger partial charge in [0.15, 0.2) is 17.5 Å². The number of hydrogen-bond acceptors (Lipinski definition) is 14. The van der Waals surface area contributed by atoms with Gasteiger partial charge in [-0.05, 0) is 106 Å². The zero-order valence-electron chi connectivity index (χ0n) is 33.5. The lowest BCUT2D eigenvalue weighted by Crippen LogP contribution is -2.71. The van der Waals surface area contributed by atoms with Gasteiger partial charge in [0.05, 0.1) is 37.0 Å². The molecule has 9 rings (SSSR count). The number of phenolic OH excluding ortho intramolecular Hbond substituents is 1. The van der Waals surface area contributed by atoms with Crippen molar-refractivity contribution in [3.05, 3.63) is 23.3 Å². The second-order valence-corrected chi connectivity index (χ2v) is 18.4. The third-order valence-electron chi connectivity index (χ3n) is 14.9. The fraction of sp³-hybridized carbons (Fsp3) is 0.767. The van der Waals surface area contributed by atoms with Gasteiger partial charge in [-0.1, -0.05) is 18.3 Å². The summed E-state index contributed by atoms with van der Waals surface area (Å²) in [6.45, 7) is 4.64. The number of fused-ring (bicyclic) bond motifs is 9. The highest BCUT2D eigenvalue weighted by Gasteiger charge is 2.58. The Hall–Kier alpha value is -3.16. The lowest BCUT2D eigenvalue weighted by Gasteiger charge is -2.60. The van der Waals surface area contributed by atoms with Crippen LogP contribution >= 0.6 is 0 Å². The maximum Gasteiger partial charge on any atom is 0.302 e. The lowest BCUT2D eigenvalue weighted by atomic mass is 9.61. The first-order valence-electron chi connectivity index (χ1n) is 21.5. The quantitative estimate of drug-likeness (QED) is 0.160. The van der Waals surface area contributed by atoms with Crippen molar-refractivity contribution >= 4 is 11.9 Å². The number of benzene rings is 1. The number of carbonyl (C=O) groups is 1. The van der Waals surface area contributed by atoms with E-state index in [9.17, 15) is 30.3 Å². The Morgan fingerprint density at radius 3 is 2.75 bits per heavy atom. The average Bonchev–Trinajstić information content (AvgIpc) is 3.19. The summed E-state index contributed by atoms with van der Waals surface area (Å²) < 4.78 is 12.5. The van der Waals surface area contributed by atoms with Crippen molar-refractivity contribution in [3.63, 3.8) is 0 Å². The summed E-state index contributed by atoms with van der Waals surface area (Å²) in [4.78, 5) is 22.3. The van der Waals surface area contributed by atoms with E-state index in [0.717, 1.165) is 63.7 Å². The molecule has 14 nitrogen and oxygen atoms in total. The van der Waals surface area contributed by atoms with Gasteiger partial charge in [0, 0.05) is 69.5 Å². The van der Waals surface area contributed by atoms with Crippen LogP contribution in [0.4, 0.5) is 0 Å². The number of nitrogens with one attached hydrogen (secondary N) is 2. The molecule has 1 spiro atoms. The van der Waals surface area contributed by atoms with Gasteiger partial charge in [-0.25, -0.2) is 4.99 Å². The Balaban J connectivity index is 1.25. The van der Waals surface area contributed by atoms with Gasteiger partial charge in [-0.2, -0.15) is 0 Å². The number of aromatic hydroxyl groups is 1. The molecule has 1 aromatic carbocycles. The summed E-state index contributed by atoms with van der Waals surface area (Å²) in [5.41, 5.74) is 5.52. The van der Waals surface area contributed by atoms with E-state index in [4.69, 9.17) is 20.2 Å². The smallest absolute Gasteiger partial charge is 0.302 e. The topological polar surface area (TPSA) is 206 Å². The summed E-state index contributed by atoms with van der Waals surface area (Å²) in [6, 6.07) is 3.72. The maximum atomic E-state index is 13.3. The van der Waals surface area contributed by atoms with E-state index in [2.05, 4.69) is 32.3 Å². The molecule has 1 aliphatic carbocycles. The number of phenols is 1. The van der Waals surface area contributed by atoms with Crippen molar-refractivity contribution < 1.29 is 39.8 Å². The molecule has 0 radical (unpaired) electrons. The molecule has 314 valence electrons. The number of carbonyl (C=O) groups excluding carboxylic acids is 1. The number of ether oxygens (including phenoxy) is 2. The van der Waals surface area contributed by atoms with Crippen LogP contribution in [0, 0.1) is 40.9 Å². The standard InChI is InChI=1S/C43H64N6O8/c1-26(52)56-39-18-33(53)6-10-42(23-46-41(44)47-25-48-19-29-13-30(20-48)37(22-51)49-24-43(42,55)11-7-36(29)49)9-5-27-3-2-4-32-17-34(8-12-45-32)57-40-16-28(14-35(27)39)31(21-50)15-38(40)54/h15-16,27,29-30,32-37,39,45,50-51,53-55H,2-4,6-8,10-14,17-25H2,1H3,(H3,44,46,47)/t27-,29-,30+,32+,33-,34-,35-,36-,37-,39-,42+,43-/m0/s1. The Morgan fingerprint density at radius 1 is 1.11 bits per heavy atom. The number of piperidine rings is 4. The molecule has 14 atom stereocenters. The maximum absolute atomic E-state index is 13.3. The molecular formula is C43H64N6O8. The SMILES string of the molecule is CC(=O)O[C@H]1C[C@@H](O)CC[C@]2(C#C[C@@H]3CCC[C@@H]4C[C@H](CCN4)Oc4cc(c(CO)cc4O)C[C@@H]31)CNC(N)=NCN1C[C@H]3C[C@@H](C1)[C@@H]1CC[C@]2(O)CN1[C@H]3CO. The number of nitrogens with zero attached hydrogens (tertiary/aromatic N) is 3. The fourth-order valence-corrected chi connectivity index (χ4v) is 11.8. The predicted octanol–water partition coefficient (Wildman–Crippen LogP) is 1.19. The minimum absolute atomic E-state index is 0.0105. The monoisotopic (exact) mass is 792 g/mol. The van der Waals surface area contributed by atoms with Crippen LogP contribution in [0.25, 0.3) is 0 Å². The molecule has 7 heterocycles. The minimum Gasteiger partial charge on any atom is -0.504 e. The molecule has 8 aliphatic rings. The highest BCUT2D eigenvalue weighted by atomic mass is 16.5. The van der Waals surface area contributed by atoms with Gasteiger partial charge >= 0.3 is 5.97 Å². The molecule has 9 N–H and O–H groups in total. The summed E-state index contributed by atoms with van der Waals surface area (Å²) in [6.07, 6.45) is 5.86. The molecular weight excluding hydrogens is 729 g/mol. The average molecular weight is 793 g/mol. The highest BCUT2D eigenvalue weighted by Crippen LogP contribution is 2.50. The van der Waals surface area contributed by atoms with Gasteiger partial charge in [0.2, 0.25) is 0 Å². The van der Waals surface area contributed by atoms with Crippen molar-refractivity contribution in [2.75, 3.05) is 46.0 Å². The third kappa shape index (κ3) is 8.36. The number of aliphatic imine (C=N–C) groups is 1. The third-order valence-corrected chi connectivity index (χ3v) is 14.9. The Labute approximate surface area is 336 Å². The first kappa shape index (κ1) is 40.6. The van der Waals surface area contributed by atoms with Crippen LogP contribution in [-0.2, 0) is 22.6 Å². The van der Waals surface area contributed by atoms with Crippen LogP contribution in [0.3, 0.4) is 0 Å². The first-order chi connectivity index (χ1) is 27.5. The van der Waals surface area contributed by atoms with E-state index in [1.54, 1.807) is 6.07 Å². The molecule has 4 saturated heterocycles. The Bertz CT molecular complexity index is 1710. The lowest BCUT2D eigenvalue weighted by molar-refractivity contribution is -0.171. The van der Waals surface area contributed by atoms with E-state index in [-0.39, 0.29) is 74.0 Å². The van der Waals surface area contributed by atoms with Crippen molar-refractivity contribution in [2.45, 2.75) is 133 Å². The van der Waals surface area contributed by atoms with Crippen molar-refractivity contribution in [1.29, 1.82) is 0 Å². The van der Waals surface area contributed by atoms with Gasteiger partial charge in [-0.3, -0.25) is 14.6 Å². The summed E-state index contributed by atoms with van der Waals surface area (Å²) in [5, 5.41) is 64.7. The zero-order chi connectivity index (χ0) is 39.9. The molecule has 7 aliphatic heterocycles. The number of rotatable bonds is 3. The number of guanidine groups is 1.